The summed E-state index contributed by atoms with van der Waals surface area (Å²) in [4.78, 5) is 0. The molecule has 0 saturated carbocycles. The van der Waals surface area contributed by atoms with Crippen molar-refractivity contribution in [3.8, 4) is 22.9 Å². The quantitative estimate of drug-likeness (QED) is 0.477. The second-order valence-corrected chi connectivity index (χ2v) is 5.70. The Morgan fingerprint density at radius 1 is 1.15 bits per heavy atom. The summed E-state index contributed by atoms with van der Waals surface area (Å²) in [6.07, 6.45) is 1.55. The average Bonchev–Trinajstić information content (AvgIpc) is 3.02. The van der Waals surface area contributed by atoms with E-state index in [4.69, 9.17) is 17.0 Å². The molecule has 0 aliphatic carbocycles. The van der Waals surface area contributed by atoms with Gasteiger partial charge in [-0.05, 0) is 73.2 Å². The van der Waals surface area contributed by atoms with Gasteiger partial charge in [0.1, 0.15) is 11.5 Å². The molecule has 3 rings (SSSR count). The third kappa shape index (κ3) is 4.76. The number of rotatable bonds is 7. The molecular formula is C18H16F2N4O2S. The van der Waals surface area contributed by atoms with Crippen LogP contribution in [0.5, 0.6) is 11.5 Å². The summed E-state index contributed by atoms with van der Waals surface area (Å²) in [5.74, 6) is 1.38. The summed E-state index contributed by atoms with van der Waals surface area (Å²) in [5.41, 5.74) is 1.50. The predicted molar refractivity (Wildman–Crippen MR) is 100 cm³/mol. The minimum atomic E-state index is -2.86. The molecule has 0 fully saturated rings. The number of hydrogen-bond acceptors (Lipinski definition) is 5. The molecule has 3 aromatic rings. The number of aromatic amines is 1. The maximum atomic E-state index is 12.2. The molecule has 6 nitrogen and oxygen atoms in total. The Morgan fingerprint density at radius 2 is 1.81 bits per heavy atom. The number of H-pyrrole nitrogens is 1. The van der Waals surface area contributed by atoms with Crippen LogP contribution in [0.4, 0.5) is 8.78 Å². The molecule has 1 heterocycles. The van der Waals surface area contributed by atoms with Crippen LogP contribution in [0, 0.1) is 4.77 Å². The van der Waals surface area contributed by atoms with Crippen molar-refractivity contribution in [2.45, 2.75) is 13.5 Å². The normalized spacial score (nSPS) is 11.3. The average molecular weight is 390 g/mol. The largest absolute Gasteiger partial charge is 0.494 e. The Balaban J connectivity index is 1.82. The van der Waals surface area contributed by atoms with Gasteiger partial charge in [-0.25, -0.2) is 5.10 Å². The van der Waals surface area contributed by atoms with Crippen molar-refractivity contribution in [2.75, 3.05) is 6.61 Å². The molecule has 140 valence electrons. The van der Waals surface area contributed by atoms with Crippen LogP contribution in [0.25, 0.3) is 11.4 Å². The third-order valence-corrected chi connectivity index (χ3v) is 3.77. The second-order valence-electron chi connectivity index (χ2n) is 5.31. The Bertz CT molecular complexity index is 966. The van der Waals surface area contributed by atoms with Crippen molar-refractivity contribution < 1.29 is 18.3 Å². The van der Waals surface area contributed by atoms with Crippen LogP contribution in [0.2, 0.25) is 0 Å². The number of nitrogens with zero attached hydrogens (tertiary/aromatic N) is 3. The van der Waals surface area contributed by atoms with E-state index in [2.05, 4.69) is 20.0 Å². The number of nitrogens with one attached hydrogen (secondary N) is 1. The summed E-state index contributed by atoms with van der Waals surface area (Å²) in [5, 5.41) is 11.3. The van der Waals surface area contributed by atoms with Gasteiger partial charge in [0.15, 0.2) is 5.82 Å². The molecule has 1 N–H and O–H groups in total. The van der Waals surface area contributed by atoms with Gasteiger partial charge in [0.05, 0.1) is 12.8 Å². The lowest BCUT2D eigenvalue weighted by Gasteiger charge is -2.05. The zero-order chi connectivity index (χ0) is 19.2. The first kappa shape index (κ1) is 18.7. The van der Waals surface area contributed by atoms with Crippen LogP contribution in [0.15, 0.2) is 53.6 Å². The number of hydrogen-bond donors (Lipinski definition) is 1. The molecule has 0 bridgehead atoms. The van der Waals surface area contributed by atoms with Crippen LogP contribution < -0.4 is 9.47 Å². The number of aromatic nitrogens is 3. The first-order valence-corrected chi connectivity index (χ1v) is 8.47. The Morgan fingerprint density at radius 3 is 2.44 bits per heavy atom. The van der Waals surface area contributed by atoms with E-state index >= 15 is 0 Å². The fourth-order valence-corrected chi connectivity index (χ4v) is 2.49. The second kappa shape index (κ2) is 8.54. The van der Waals surface area contributed by atoms with E-state index in [0.29, 0.717) is 22.8 Å². The highest BCUT2D eigenvalue weighted by atomic mass is 32.1. The minimum Gasteiger partial charge on any atom is -0.494 e. The molecule has 0 atom stereocenters. The van der Waals surface area contributed by atoms with Gasteiger partial charge in [-0.3, -0.25) is 0 Å². The van der Waals surface area contributed by atoms with Crippen molar-refractivity contribution in [3.05, 3.63) is 58.9 Å². The van der Waals surface area contributed by atoms with E-state index in [1.165, 1.54) is 16.8 Å². The van der Waals surface area contributed by atoms with Gasteiger partial charge < -0.3 is 9.47 Å². The highest BCUT2D eigenvalue weighted by Crippen LogP contribution is 2.21. The van der Waals surface area contributed by atoms with Crippen molar-refractivity contribution in [3.63, 3.8) is 0 Å². The molecule has 0 aliphatic heterocycles. The SMILES string of the molecule is CCOc1ccc(-c2n[nH]c(=S)n2/N=C\c2ccc(OC(F)F)cc2)cc1. The Kier molecular flexibility index (Phi) is 5.92. The summed E-state index contributed by atoms with van der Waals surface area (Å²) < 4.78 is 35.9. The van der Waals surface area contributed by atoms with E-state index < -0.39 is 6.61 Å². The van der Waals surface area contributed by atoms with Crippen LogP contribution in [0.1, 0.15) is 12.5 Å². The molecule has 0 radical (unpaired) electrons. The zero-order valence-corrected chi connectivity index (χ0v) is 15.1. The summed E-state index contributed by atoms with van der Waals surface area (Å²) >= 11 is 5.23. The molecule has 0 aliphatic rings. The Labute approximate surface area is 159 Å². The van der Waals surface area contributed by atoms with E-state index in [9.17, 15) is 8.78 Å². The van der Waals surface area contributed by atoms with Gasteiger partial charge in [0, 0.05) is 5.56 Å². The molecule has 0 amide bonds. The fourth-order valence-electron chi connectivity index (χ4n) is 2.31. The van der Waals surface area contributed by atoms with E-state index in [1.807, 2.05) is 31.2 Å². The molecule has 0 saturated heterocycles. The van der Waals surface area contributed by atoms with E-state index in [-0.39, 0.29) is 5.75 Å². The van der Waals surface area contributed by atoms with Crippen LogP contribution in [-0.2, 0) is 0 Å². The van der Waals surface area contributed by atoms with Crippen LogP contribution in [0.3, 0.4) is 0 Å². The smallest absolute Gasteiger partial charge is 0.387 e. The fraction of sp³-hybridized carbons (Fsp3) is 0.167. The van der Waals surface area contributed by atoms with Crippen molar-refractivity contribution in [2.24, 2.45) is 5.10 Å². The number of benzene rings is 2. The van der Waals surface area contributed by atoms with Crippen molar-refractivity contribution >= 4 is 18.4 Å². The Hall–Kier alpha value is -3.07. The van der Waals surface area contributed by atoms with Crippen molar-refractivity contribution in [1.82, 2.24) is 14.9 Å². The van der Waals surface area contributed by atoms with E-state index in [1.54, 1.807) is 18.3 Å². The van der Waals surface area contributed by atoms with Gasteiger partial charge in [-0.2, -0.15) is 23.7 Å². The first-order chi connectivity index (χ1) is 13.1. The predicted octanol–water partition coefficient (Wildman–Crippen LogP) is 4.49. The van der Waals surface area contributed by atoms with Crippen molar-refractivity contribution in [1.29, 1.82) is 0 Å². The highest BCUT2D eigenvalue weighted by molar-refractivity contribution is 7.71. The zero-order valence-electron chi connectivity index (χ0n) is 14.3. The summed E-state index contributed by atoms with van der Waals surface area (Å²) in [6.45, 7) is -0.353. The lowest BCUT2D eigenvalue weighted by Crippen LogP contribution is -2.01. The molecule has 9 heteroatoms. The molecule has 2 aromatic carbocycles. The van der Waals surface area contributed by atoms with Gasteiger partial charge in [0.25, 0.3) is 0 Å². The molecule has 1 aromatic heterocycles. The topological polar surface area (TPSA) is 64.4 Å². The standard InChI is InChI=1S/C18H16F2N4O2S/c1-2-25-14-9-5-13(6-10-14)16-22-23-18(27)24(16)21-11-12-3-7-15(8-4-12)26-17(19)20/h3-11,17H,2H2,1H3,(H,23,27)/b21-11-. The monoisotopic (exact) mass is 390 g/mol. The maximum Gasteiger partial charge on any atom is 0.387 e. The molecular weight excluding hydrogens is 374 g/mol. The van der Waals surface area contributed by atoms with Gasteiger partial charge in [0.2, 0.25) is 4.77 Å². The number of ether oxygens (including phenoxy) is 2. The van der Waals surface area contributed by atoms with Gasteiger partial charge in [-0.15, -0.1) is 0 Å². The lowest BCUT2D eigenvalue weighted by atomic mass is 10.2. The third-order valence-electron chi connectivity index (χ3n) is 3.50. The summed E-state index contributed by atoms with van der Waals surface area (Å²) in [6, 6.07) is 13.5. The first-order valence-electron chi connectivity index (χ1n) is 8.06. The highest BCUT2D eigenvalue weighted by Gasteiger charge is 2.08. The minimum absolute atomic E-state index is 0.0807. The lowest BCUT2D eigenvalue weighted by molar-refractivity contribution is -0.0498. The van der Waals surface area contributed by atoms with Gasteiger partial charge in [-0.1, -0.05) is 0 Å². The number of alkyl halides is 2. The molecule has 27 heavy (non-hydrogen) atoms. The van der Waals surface area contributed by atoms with Crippen LogP contribution in [-0.4, -0.2) is 34.3 Å². The van der Waals surface area contributed by atoms with E-state index in [0.717, 1.165) is 11.3 Å². The molecule has 0 spiro atoms. The summed E-state index contributed by atoms with van der Waals surface area (Å²) in [7, 11) is 0. The van der Waals surface area contributed by atoms with Crippen LogP contribution >= 0.6 is 12.2 Å². The number of halogens is 2. The molecule has 0 unspecified atom stereocenters. The maximum absolute atomic E-state index is 12.2. The van der Waals surface area contributed by atoms with Gasteiger partial charge >= 0.3 is 6.61 Å².